The first kappa shape index (κ1) is 13.5. The van der Waals surface area contributed by atoms with Crippen molar-refractivity contribution < 1.29 is 23.1 Å². The molecule has 3 nitrogen and oxygen atoms in total. The van der Waals surface area contributed by atoms with Crippen LogP contribution in [0.3, 0.4) is 0 Å². The van der Waals surface area contributed by atoms with Crippen molar-refractivity contribution in [1.82, 2.24) is 0 Å². The van der Waals surface area contributed by atoms with E-state index in [2.05, 4.69) is 15.9 Å². The molecule has 7 heteroatoms. The lowest BCUT2D eigenvalue weighted by Crippen LogP contribution is -2.14. The third-order valence-electron chi connectivity index (χ3n) is 1.97. The van der Waals surface area contributed by atoms with E-state index in [1.807, 2.05) is 0 Å². The molecule has 0 aliphatic rings. The molecule has 0 amide bonds. The molecule has 1 rings (SSSR count). The van der Waals surface area contributed by atoms with Gasteiger partial charge in [0.15, 0.2) is 0 Å². The Hall–Kier alpha value is -1.55. The van der Waals surface area contributed by atoms with Crippen LogP contribution in [0.25, 0.3) is 0 Å². The van der Waals surface area contributed by atoms with Gasteiger partial charge in [0, 0.05) is 4.47 Å². The number of carboxylic acid groups (broad SMARTS) is 1. The van der Waals surface area contributed by atoms with Crippen molar-refractivity contribution in [3.05, 3.63) is 33.3 Å². The zero-order valence-electron chi connectivity index (χ0n) is 8.18. The van der Waals surface area contributed by atoms with Crippen LogP contribution in [-0.2, 0) is 17.4 Å². The Bertz CT molecular complexity index is 505. The molecule has 0 unspecified atom stereocenters. The predicted octanol–water partition coefficient (Wildman–Crippen LogP) is 2.97. The maximum absolute atomic E-state index is 12.7. The van der Waals surface area contributed by atoms with E-state index in [-0.39, 0.29) is 10.0 Å². The van der Waals surface area contributed by atoms with Crippen LogP contribution in [0.15, 0.2) is 16.6 Å². The van der Waals surface area contributed by atoms with Gasteiger partial charge in [-0.3, -0.25) is 4.79 Å². The number of nitriles is 1. The Morgan fingerprint density at radius 1 is 1.47 bits per heavy atom. The molecule has 0 bridgehead atoms. The molecule has 0 saturated heterocycles. The van der Waals surface area contributed by atoms with Crippen LogP contribution in [0.1, 0.15) is 16.7 Å². The van der Waals surface area contributed by atoms with Crippen molar-refractivity contribution in [2.75, 3.05) is 0 Å². The fourth-order valence-electron chi connectivity index (χ4n) is 1.33. The predicted molar refractivity (Wildman–Crippen MR) is 55.2 cm³/mol. The molecular weight excluding hydrogens is 303 g/mol. The van der Waals surface area contributed by atoms with Gasteiger partial charge in [-0.15, -0.1) is 0 Å². The summed E-state index contributed by atoms with van der Waals surface area (Å²) in [5.41, 5.74) is -1.92. The third kappa shape index (κ3) is 3.20. The summed E-state index contributed by atoms with van der Waals surface area (Å²) in [6.07, 6.45) is -5.54. The molecule has 1 N–H and O–H groups in total. The molecule has 17 heavy (non-hydrogen) atoms. The number of rotatable bonds is 2. The number of carboxylic acids is 1. The molecule has 0 aromatic heterocycles. The highest BCUT2D eigenvalue weighted by molar-refractivity contribution is 9.10. The topological polar surface area (TPSA) is 61.1 Å². The highest BCUT2D eigenvalue weighted by atomic mass is 79.9. The number of alkyl halides is 3. The van der Waals surface area contributed by atoms with Gasteiger partial charge in [0.1, 0.15) is 0 Å². The number of hydrogen-bond acceptors (Lipinski definition) is 2. The van der Waals surface area contributed by atoms with Crippen LogP contribution >= 0.6 is 15.9 Å². The minimum absolute atomic E-state index is 0.0792. The Labute approximate surface area is 103 Å². The summed E-state index contributed by atoms with van der Waals surface area (Å²) < 4.78 is 38.1. The smallest absolute Gasteiger partial charge is 0.416 e. The first-order chi connectivity index (χ1) is 7.75. The van der Waals surface area contributed by atoms with Gasteiger partial charge < -0.3 is 5.11 Å². The molecule has 1 aromatic rings. The quantitative estimate of drug-likeness (QED) is 0.913. The normalized spacial score (nSPS) is 11.0. The summed E-state index contributed by atoms with van der Waals surface area (Å²) >= 11 is 2.85. The first-order valence-corrected chi connectivity index (χ1v) is 5.06. The average molecular weight is 308 g/mol. The summed E-state index contributed by atoms with van der Waals surface area (Å²) in [6.45, 7) is 0. The van der Waals surface area contributed by atoms with Crippen molar-refractivity contribution in [2.45, 2.75) is 12.6 Å². The lowest BCUT2D eigenvalue weighted by molar-refractivity contribution is -0.139. The number of hydrogen-bond donors (Lipinski definition) is 1. The van der Waals surface area contributed by atoms with Crippen LogP contribution in [0.5, 0.6) is 0 Å². The van der Waals surface area contributed by atoms with Crippen LogP contribution in [0.2, 0.25) is 0 Å². The standard InChI is InChI=1S/C10H5BrF3NO2/c11-6-1-5(4-15)7(3-9(16)17)8(2-6)10(12,13)14/h1-2H,3H2,(H,16,17). The third-order valence-corrected chi connectivity index (χ3v) is 2.43. The van der Waals surface area contributed by atoms with Crippen molar-refractivity contribution in [3.8, 4) is 6.07 Å². The molecule has 0 atom stereocenters. The van der Waals surface area contributed by atoms with Crippen molar-refractivity contribution in [2.24, 2.45) is 0 Å². The van der Waals surface area contributed by atoms with Crippen LogP contribution in [0, 0.1) is 11.3 Å². The number of carbonyl (C=O) groups is 1. The molecule has 90 valence electrons. The van der Waals surface area contributed by atoms with E-state index in [0.717, 1.165) is 12.1 Å². The number of aliphatic carboxylic acids is 1. The lowest BCUT2D eigenvalue weighted by Gasteiger charge is -2.13. The van der Waals surface area contributed by atoms with E-state index in [9.17, 15) is 18.0 Å². The Kier molecular flexibility index (Phi) is 3.78. The van der Waals surface area contributed by atoms with E-state index in [1.54, 1.807) is 6.07 Å². The van der Waals surface area contributed by atoms with E-state index in [4.69, 9.17) is 10.4 Å². The number of nitrogens with zero attached hydrogens (tertiary/aromatic N) is 1. The minimum Gasteiger partial charge on any atom is -0.481 e. The fraction of sp³-hybridized carbons (Fsp3) is 0.200. The van der Waals surface area contributed by atoms with Crippen molar-refractivity contribution in [1.29, 1.82) is 5.26 Å². The minimum atomic E-state index is -4.69. The zero-order valence-corrected chi connectivity index (χ0v) is 9.76. The van der Waals surface area contributed by atoms with E-state index in [1.165, 1.54) is 0 Å². The molecule has 0 radical (unpaired) electrons. The van der Waals surface area contributed by atoms with E-state index < -0.39 is 29.7 Å². The number of halogens is 4. The van der Waals surface area contributed by atoms with Gasteiger partial charge in [-0.2, -0.15) is 18.4 Å². The number of benzene rings is 1. The molecule has 0 fully saturated rings. The lowest BCUT2D eigenvalue weighted by atomic mass is 9.98. The molecule has 0 spiro atoms. The van der Waals surface area contributed by atoms with Crippen LogP contribution < -0.4 is 0 Å². The molecule has 0 aliphatic heterocycles. The largest absolute Gasteiger partial charge is 0.481 e. The second-order valence-electron chi connectivity index (χ2n) is 3.16. The van der Waals surface area contributed by atoms with Gasteiger partial charge in [-0.05, 0) is 17.7 Å². The summed E-state index contributed by atoms with van der Waals surface area (Å²) in [7, 11) is 0. The van der Waals surface area contributed by atoms with Crippen LogP contribution in [-0.4, -0.2) is 11.1 Å². The molecule has 1 aromatic carbocycles. The highest BCUT2D eigenvalue weighted by Crippen LogP contribution is 2.35. The van der Waals surface area contributed by atoms with Gasteiger partial charge in [0.05, 0.1) is 23.6 Å². The summed E-state index contributed by atoms with van der Waals surface area (Å²) in [5.74, 6) is -1.42. The molecular formula is C10H5BrF3NO2. The maximum Gasteiger partial charge on any atom is 0.416 e. The van der Waals surface area contributed by atoms with Crippen molar-refractivity contribution in [3.63, 3.8) is 0 Å². The maximum atomic E-state index is 12.7. The second-order valence-corrected chi connectivity index (χ2v) is 4.08. The van der Waals surface area contributed by atoms with E-state index >= 15 is 0 Å². The molecule has 0 saturated carbocycles. The zero-order chi connectivity index (χ0) is 13.2. The van der Waals surface area contributed by atoms with E-state index in [0.29, 0.717) is 0 Å². The second kappa shape index (κ2) is 4.75. The highest BCUT2D eigenvalue weighted by Gasteiger charge is 2.35. The Morgan fingerprint density at radius 3 is 2.47 bits per heavy atom. The SMILES string of the molecule is N#Cc1cc(Br)cc(C(F)(F)F)c1CC(=O)O. The van der Waals surface area contributed by atoms with Gasteiger partial charge in [0.2, 0.25) is 0 Å². The molecule has 0 heterocycles. The summed E-state index contributed by atoms with van der Waals surface area (Å²) in [5, 5.41) is 17.3. The van der Waals surface area contributed by atoms with Crippen LogP contribution in [0.4, 0.5) is 13.2 Å². The van der Waals surface area contributed by atoms with Gasteiger partial charge in [0.25, 0.3) is 0 Å². The Morgan fingerprint density at radius 2 is 2.06 bits per heavy atom. The van der Waals surface area contributed by atoms with Gasteiger partial charge in [-0.1, -0.05) is 15.9 Å². The van der Waals surface area contributed by atoms with Gasteiger partial charge >= 0.3 is 12.1 Å². The van der Waals surface area contributed by atoms with Gasteiger partial charge in [-0.25, -0.2) is 0 Å². The monoisotopic (exact) mass is 307 g/mol. The Balaban J connectivity index is 3.51. The first-order valence-electron chi connectivity index (χ1n) is 4.27. The average Bonchev–Trinajstić information content (AvgIpc) is 2.17. The fourth-order valence-corrected chi connectivity index (χ4v) is 1.79. The van der Waals surface area contributed by atoms with Crippen molar-refractivity contribution >= 4 is 21.9 Å². The summed E-state index contributed by atoms with van der Waals surface area (Å²) in [4.78, 5) is 10.5. The summed E-state index contributed by atoms with van der Waals surface area (Å²) in [6, 6.07) is 3.48. The molecule has 0 aliphatic carbocycles.